The Morgan fingerprint density at radius 3 is 1.64 bits per heavy atom. The van der Waals surface area contributed by atoms with Crippen LogP contribution in [0.25, 0.3) is 0 Å². The minimum atomic E-state index is 0.311. The molecule has 0 aromatic rings. The van der Waals surface area contributed by atoms with E-state index < -0.39 is 0 Å². The van der Waals surface area contributed by atoms with Gasteiger partial charge in [0, 0.05) is 37.1 Å². The maximum Gasteiger partial charge on any atom is 0.0474 e. The van der Waals surface area contributed by atoms with Crippen LogP contribution in [0.5, 0.6) is 0 Å². The number of unbranched alkanes of at least 4 members (excludes halogenated alkanes) is 9. The fraction of sp³-hybridized carbons (Fsp3) is 1.00. The summed E-state index contributed by atoms with van der Waals surface area (Å²) >= 11 is 0. The standard InChI is InChI=1S/C24H50N2.C3H12N4/c1-7-9-11-13-15-17-19-26-23(3,4)20-22(21-24(26,5)6)25-18-16-14-12-10-8-2;4-1-6-3-7-2-5/h22,25H,7-21H2,1-6H3;6-7H,1-5H2. The van der Waals surface area contributed by atoms with Crippen LogP contribution in [-0.2, 0) is 0 Å². The number of rotatable bonds is 18. The van der Waals surface area contributed by atoms with E-state index >= 15 is 0 Å². The van der Waals surface area contributed by atoms with E-state index in [-0.39, 0.29) is 0 Å². The van der Waals surface area contributed by atoms with Gasteiger partial charge in [0.1, 0.15) is 0 Å². The van der Waals surface area contributed by atoms with Crippen molar-refractivity contribution in [3.05, 3.63) is 0 Å². The normalized spacial score (nSPS) is 18.2. The molecule has 0 aromatic heterocycles. The maximum atomic E-state index is 5.08. The van der Waals surface area contributed by atoms with Crippen molar-refractivity contribution in [3.8, 4) is 0 Å². The Morgan fingerprint density at radius 1 is 0.697 bits per heavy atom. The molecule has 1 fully saturated rings. The van der Waals surface area contributed by atoms with Crippen molar-refractivity contribution in [2.24, 2.45) is 11.5 Å². The smallest absolute Gasteiger partial charge is 0.0474 e. The predicted molar refractivity (Wildman–Crippen MR) is 147 cm³/mol. The maximum absolute atomic E-state index is 5.08. The summed E-state index contributed by atoms with van der Waals surface area (Å²) in [6.07, 6.45) is 17.8. The van der Waals surface area contributed by atoms with Gasteiger partial charge in [-0.15, -0.1) is 0 Å². The lowest BCUT2D eigenvalue weighted by atomic mass is 9.76. The van der Waals surface area contributed by atoms with Gasteiger partial charge in [0.25, 0.3) is 0 Å². The minimum absolute atomic E-state index is 0.311. The van der Waals surface area contributed by atoms with E-state index in [2.05, 4.69) is 62.4 Å². The first-order chi connectivity index (χ1) is 15.7. The molecule has 0 atom stereocenters. The summed E-state index contributed by atoms with van der Waals surface area (Å²) in [5, 5.41) is 9.57. The van der Waals surface area contributed by atoms with Gasteiger partial charge in [-0.2, -0.15) is 0 Å². The van der Waals surface area contributed by atoms with Crippen LogP contribution in [0.2, 0.25) is 0 Å². The highest BCUT2D eigenvalue weighted by Gasteiger charge is 2.44. The molecule has 1 aliphatic rings. The van der Waals surface area contributed by atoms with Crippen molar-refractivity contribution in [1.82, 2.24) is 20.9 Å². The van der Waals surface area contributed by atoms with Crippen LogP contribution in [0.4, 0.5) is 0 Å². The summed E-state index contributed by atoms with van der Waals surface area (Å²) in [5.41, 5.74) is 10.8. The summed E-state index contributed by atoms with van der Waals surface area (Å²) in [7, 11) is 0. The fourth-order valence-electron chi connectivity index (χ4n) is 5.39. The highest BCUT2D eigenvalue weighted by atomic mass is 15.3. The largest absolute Gasteiger partial charge is 0.318 e. The van der Waals surface area contributed by atoms with Crippen LogP contribution in [0.15, 0.2) is 0 Å². The van der Waals surface area contributed by atoms with E-state index in [0.717, 1.165) is 0 Å². The average molecular weight is 471 g/mol. The molecule has 0 saturated carbocycles. The van der Waals surface area contributed by atoms with E-state index in [9.17, 15) is 0 Å². The van der Waals surface area contributed by atoms with Crippen LogP contribution in [0.3, 0.4) is 0 Å². The molecule has 0 aliphatic carbocycles. The fourth-order valence-corrected chi connectivity index (χ4v) is 5.39. The number of nitrogens with one attached hydrogen (secondary N) is 3. The molecule has 0 radical (unpaired) electrons. The SMILES string of the molecule is CCCCCCCCN1C(C)(C)CC(NCCCCCCC)CC1(C)C.NCNCNCN. The lowest BCUT2D eigenvalue weighted by Crippen LogP contribution is -2.64. The Bertz CT molecular complexity index is 405. The zero-order valence-electron chi connectivity index (χ0n) is 23.4. The summed E-state index contributed by atoms with van der Waals surface area (Å²) in [4.78, 5) is 2.82. The number of likely N-dealkylation sites (tertiary alicyclic amines) is 1. The molecule has 0 spiro atoms. The first-order valence-electron chi connectivity index (χ1n) is 14.1. The van der Waals surface area contributed by atoms with Gasteiger partial charge in [-0.3, -0.25) is 15.5 Å². The number of piperidine rings is 1. The van der Waals surface area contributed by atoms with Crippen molar-refractivity contribution in [2.75, 3.05) is 33.1 Å². The molecule has 1 saturated heterocycles. The minimum Gasteiger partial charge on any atom is -0.318 e. The Kier molecular flexibility index (Phi) is 19.9. The van der Waals surface area contributed by atoms with Gasteiger partial charge in [-0.05, 0) is 66.5 Å². The van der Waals surface area contributed by atoms with Gasteiger partial charge < -0.3 is 16.8 Å². The zero-order valence-corrected chi connectivity index (χ0v) is 23.4. The van der Waals surface area contributed by atoms with Crippen LogP contribution < -0.4 is 27.4 Å². The number of nitrogens with two attached hydrogens (primary N) is 2. The highest BCUT2D eigenvalue weighted by Crippen LogP contribution is 2.38. The van der Waals surface area contributed by atoms with E-state index in [1.807, 2.05) is 0 Å². The summed E-state index contributed by atoms with van der Waals surface area (Å²) < 4.78 is 0. The van der Waals surface area contributed by atoms with Crippen molar-refractivity contribution in [3.63, 3.8) is 0 Å². The van der Waals surface area contributed by atoms with Crippen molar-refractivity contribution >= 4 is 0 Å². The van der Waals surface area contributed by atoms with Crippen LogP contribution in [0.1, 0.15) is 125 Å². The molecule has 6 heteroatoms. The monoisotopic (exact) mass is 471 g/mol. The van der Waals surface area contributed by atoms with Gasteiger partial charge in [0.05, 0.1) is 0 Å². The lowest BCUT2D eigenvalue weighted by molar-refractivity contribution is -0.0414. The van der Waals surface area contributed by atoms with Crippen molar-refractivity contribution in [1.29, 1.82) is 0 Å². The van der Waals surface area contributed by atoms with Crippen LogP contribution in [-0.4, -0.2) is 55.1 Å². The predicted octanol–water partition coefficient (Wildman–Crippen LogP) is 4.88. The topological polar surface area (TPSA) is 91.4 Å². The Hall–Kier alpha value is -0.240. The second-order valence-electron chi connectivity index (χ2n) is 11.1. The van der Waals surface area contributed by atoms with Gasteiger partial charge >= 0.3 is 0 Å². The number of hydrogen-bond acceptors (Lipinski definition) is 6. The highest BCUT2D eigenvalue weighted by molar-refractivity contribution is 5.02. The molecule has 1 rings (SSSR count). The molecular weight excluding hydrogens is 408 g/mol. The van der Waals surface area contributed by atoms with Crippen LogP contribution in [0, 0.1) is 0 Å². The molecular formula is C27H62N6. The van der Waals surface area contributed by atoms with Crippen molar-refractivity contribution < 1.29 is 0 Å². The molecule has 1 heterocycles. The molecule has 7 N–H and O–H groups in total. The second-order valence-corrected chi connectivity index (χ2v) is 11.1. The number of hydrogen-bond donors (Lipinski definition) is 5. The molecule has 1 aliphatic heterocycles. The molecule has 0 amide bonds. The Labute approximate surface area is 207 Å². The first-order valence-corrected chi connectivity index (χ1v) is 14.1. The third-order valence-electron chi connectivity index (χ3n) is 6.94. The Morgan fingerprint density at radius 2 is 1.15 bits per heavy atom. The second kappa shape index (κ2) is 20.0. The van der Waals surface area contributed by atoms with E-state index in [1.54, 1.807) is 0 Å². The van der Waals surface area contributed by atoms with E-state index in [0.29, 0.717) is 37.1 Å². The summed E-state index contributed by atoms with van der Waals surface area (Å²) in [5.74, 6) is 0. The third kappa shape index (κ3) is 16.1. The quantitative estimate of drug-likeness (QED) is 0.145. The van der Waals surface area contributed by atoms with Gasteiger partial charge in [-0.25, -0.2) is 0 Å². The molecule has 0 unspecified atom stereocenters. The average Bonchev–Trinajstić information content (AvgIpc) is 2.74. The number of nitrogens with zero attached hydrogens (tertiary/aromatic N) is 1. The third-order valence-corrected chi connectivity index (χ3v) is 6.94. The summed E-state index contributed by atoms with van der Waals surface area (Å²) in [6, 6.07) is 0.687. The van der Waals surface area contributed by atoms with Gasteiger partial charge in [-0.1, -0.05) is 71.6 Å². The molecule has 0 aromatic carbocycles. The lowest BCUT2D eigenvalue weighted by Gasteiger charge is -2.55. The zero-order chi connectivity index (χ0) is 25.0. The van der Waals surface area contributed by atoms with E-state index in [4.69, 9.17) is 11.5 Å². The molecule has 200 valence electrons. The van der Waals surface area contributed by atoms with Gasteiger partial charge in [0.15, 0.2) is 0 Å². The molecule has 6 nitrogen and oxygen atoms in total. The van der Waals surface area contributed by atoms with Crippen LogP contribution >= 0.6 is 0 Å². The Balaban J connectivity index is 0.00000126. The van der Waals surface area contributed by atoms with Gasteiger partial charge in [0.2, 0.25) is 0 Å². The molecule has 33 heavy (non-hydrogen) atoms. The van der Waals surface area contributed by atoms with Crippen molar-refractivity contribution in [2.45, 2.75) is 142 Å². The first kappa shape index (κ1) is 32.8. The molecule has 0 bridgehead atoms. The summed E-state index contributed by atoms with van der Waals surface area (Å²) in [6.45, 7) is 18.6. The van der Waals surface area contributed by atoms with E-state index in [1.165, 1.54) is 96.6 Å².